The Hall–Kier alpha value is -5.03. The molecule has 222 valence electrons. The van der Waals surface area contributed by atoms with Gasteiger partial charge in [0.15, 0.2) is 0 Å². The Bertz CT molecular complexity index is 1860. The molecule has 0 bridgehead atoms. The summed E-state index contributed by atoms with van der Waals surface area (Å²) >= 11 is 0. The number of hydrogen-bond donors (Lipinski definition) is 1. The molecule has 1 N–H and O–H groups in total. The van der Waals surface area contributed by atoms with E-state index in [4.69, 9.17) is 19.9 Å². The van der Waals surface area contributed by atoms with Crippen molar-refractivity contribution < 1.29 is 19.4 Å². The van der Waals surface area contributed by atoms with Gasteiger partial charge in [0.25, 0.3) is 0 Å². The molecule has 0 unspecified atom stereocenters. The summed E-state index contributed by atoms with van der Waals surface area (Å²) in [5.41, 5.74) is 6.77. The molecule has 1 aromatic carbocycles. The summed E-state index contributed by atoms with van der Waals surface area (Å²) in [7, 11) is 0. The van der Waals surface area contributed by atoms with Crippen molar-refractivity contribution in [3.63, 3.8) is 0 Å². The predicted octanol–water partition coefficient (Wildman–Crippen LogP) is 4.50. The lowest BCUT2D eigenvalue weighted by atomic mass is 9.96. The molecule has 11 heteroatoms. The number of hydrogen-bond acceptors (Lipinski definition) is 8. The van der Waals surface area contributed by atoms with E-state index in [9.17, 15) is 9.59 Å². The average molecular weight is 590 g/mol. The number of nitrogens with zero attached hydrogens (tertiary/aromatic N) is 7. The summed E-state index contributed by atoms with van der Waals surface area (Å²) in [6, 6.07) is 12.4. The van der Waals surface area contributed by atoms with Crippen LogP contribution in [0.3, 0.4) is 0 Å². The van der Waals surface area contributed by atoms with Gasteiger partial charge in [-0.1, -0.05) is 18.2 Å². The average Bonchev–Trinajstić information content (AvgIpc) is 3.44. The third kappa shape index (κ3) is 5.30. The zero-order valence-corrected chi connectivity index (χ0v) is 24.3. The first-order valence-corrected chi connectivity index (χ1v) is 14.8. The molecule has 44 heavy (non-hydrogen) atoms. The van der Waals surface area contributed by atoms with Crippen LogP contribution >= 0.6 is 0 Å². The van der Waals surface area contributed by atoms with Crippen LogP contribution in [0.15, 0.2) is 61.2 Å². The summed E-state index contributed by atoms with van der Waals surface area (Å²) in [5.74, 6) is -0.481. The van der Waals surface area contributed by atoms with Crippen LogP contribution in [0.1, 0.15) is 58.9 Å². The number of carboxylic acid groups (broad SMARTS) is 1. The van der Waals surface area contributed by atoms with Gasteiger partial charge in [-0.15, -0.1) is 0 Å². The van der Waals surface area contributed by atoms with Crippen molar-refractivity contribution in [1.29, 1.82) is 0 Å². The molecular weight excluding hydrogens is 558 g/mol. The number of fused-ring (bicyclic) bond motifs is 2. The molecule has 6 heterocycles. The predicted molar refractivity (Wildman–Crippen MR) is 162 cm³/mol. The van der Waals surface area contributed by atoms with E-state index in [1.165, 1.54) is 18.1 Å². The molecular formula is C33H31N7O4. The lowest BCUT2D eigenvalue weighted by molar-refractivity contribution is -0.129. The minimum Gasteiger partial charge on any atom is -0.478 e. The van der Waals surface area contributed by atoms with Crippen molar-refractivity contribution in [3.8, 4) is 22.5 Å². The molecule has 0 aliphatic carbocycles. The van der Waals surface area contributed by atoms with Crippen LogP contribution in [0, 0.1) is 0 Å². The molecule has 2 aliphatic heterocycles. The Morgan fingerprint density at radius 3 is 2.55 bits per heavy atom. The number of pyridine rings is 2. The monoisotopic (exact) mass is 589 g/mol. The maximum atomic E-state index is 12.3. The van der Waals surface area contributed by atoms with E-state index in [2.05, 4.69) is 37.8 Å². The number of carbonyl (C=O) groups excluding carboxylic acids is 1. The summed E-state index contributed by atoms with van der Waals surface area (Å²) in [5, 5.41) is 16.3. The van der Waals surface area contributed by atoms with Gasteiger partial charge in [0.1, 0.15) is 5.82 Å². The Morgan fingerprint density at radius 2 is 1.82 bits per heavy atom. The first kappa shape index (κ1) is 27.8. The standard InChI is InChI=1S/C33H31N7O4/c1-20(41)39-10-7-30-28(19-39)32(38-40(30)25-8-11-44-12-9-25)26-4-2-3-21-13-29(35-18-27(21)26)22-5-6-24(34-15-22)14-31-36-16-23(17-37-31)33(42)43/h2-6,13,15-18,25H,7-12,14,19H2,1H3,(H,42,43). The smallest absolute Gasteiger partial charge is 0.338 e. The molecule has 7 rings (SSSR count). The number of rotatable bonds is 6. The van der Waals surface area contributed by atoms with Crippen LogP contribution < -0.4 is 0 Å². The highest BCUT2D eigenvalue weighted by Crippen LogP contribution is 2.37. The number of amides is 1. The van der Waals surface area contributed by atoms with E-state index in [1.807, 2.05) is 29.3 Å². The molecule has 11 nitrogen and oxygen atoms in total. The van der Waals surface area contributed by atoms with Crippen LogP contribution in [0.2, 0.25) is 0 Å². The topological polar surface area (TPSA) is 136 Å². The maximum Gasteiger partial charge on any atom is 0.338 e. The third-order valence-corrected chi connectivity index (χ3v) is 8.50. The van der Waals surface area contributed by atoms with E-state index in [1.54, 1.807) is 13.1 Å². The van der Waals surface area contributed by atoms with E-state index in [-0.39, 0.29) is 11.5 Å². The van der Waals surface area contributed by atoms with Crippen LogP contribution in [0.4, 0.5) is 0 Å². The van der Waals surface area contributed by atoms with Crippen LogP contribution in [0.25, 0.3) is 33.3 Å². The molecule has 5 aromatic rings. The molecule has 1 fully saturated rings. The zero-order chi connectivity index (χ0) is 30.2. The van der Waals surface area contributed by atoms with Crippen molar-refractivity contribution >= 4 is 22.6 Å². The van der Waals surface area contributed by atoms with Crippen molar-refractivity contribution in [2.24, 2.45) is 0 Å². The molecule has 4 aromatic heterocycles. The quantitative estimate of drug-likeness (QED) is 0.304. The highest BCUT2D eigenvalue weighted by molar-refractivity contribution is 5.97. The maximum absolute atomic E-state index is 12.3. The number of carbonyl (C=O) groups is 2. The van der Waals surface area contributed by atoms with E-state index >= 15 is 0 Å². The Balaban J connectivity index is 1.20. The van der Waals surface area contributed by atoms with Gasteiger partial charge in [0, 0.05) is 104 Å². The van der Waals surface area contributed by atoms with Crippen molar-refractivity contribution in [2.45, 2.75) is 45.2 Å². The third-order valence-electron chi connectivity index (χ3n) is 8.50. The molecule has 1 saturated heterocycles. The number of aromatic carboxylic acids is 1. The van der Waals surface area contributed by atoms with Crippen molar-refractivity contribution in [2.75, 3.05) is 19.8 Å². The van der Waals surface area contributed by atoms with Gasteiger partial charge in [0.05, 0.1) is 23.0 Å². The first-order chi connectivity index (χ1) is 21.4. The minimum atomic E-state index is -1.06. The summed E-state index contributed by atoms with van der Waals surface area (Å²) in [4.78, 5) is 43.0. The number of benzene rings is 1. The van der Waals surface area contributed by atoms with Gasteiger partial charge in [-0.25, -0.2) is 14.8 Å². The Kier molecular flexibility index (Phi) is 7.31. The first-order valence-electron chi connectivity index (χ1n) is 14.8. The fraction of sp³-hybridized carbons (Fsp3) is 0.303. The summed E-state index contributed by atoms with van der Waals surface area (Å²) in [6.45, 7) is 4.36. The van der Waals surface area contributed by atoms with Gasteiger partial charge in [-0.05, 0) is 36.4 Å². The summed E-state index contributed by atoms with van der Waals surface area (Å²) in [6.07, 6.45) is 9.32. The molecule has 0 spiro atoms. The fourth-order valence-electron chi connectivity index (χ4n) is 6.10. The fourth-order valence-corrected chi connectivity index (χ4v) is 6.10. The SMILES string of the molecule is CC(=O)N1CCc2c(c(-c3cccc4cc(-c5ccc(Cc6ncc(C(=O)O)cn6)nc5)ncc34)nn2C2CCOCC2)C1. The van der Waals surface area contributed by atoms with E-state index in [0.29, 0.717) is 31.4 Å². The second-order valence-corrected chi connectivity index (χ2v) is 11.3. The molecule has 1 amide bonds. The van der Waals surface area contributed by atoms with Crippen molar-refractivity contribution in [1.82, 2.24) is 34.6 Å². The second-order valence-electron chi connectivity index (χ2n) is 11.3. The minimum absolute atomic E-state index is 0.0492. The van der Waals surface area contributed by atoms with Gasteiger partial charge in [0.2, 0.25) is 5.91 Å². The lowest BCUT2D eigenvalue weighted by Gasteiger charge is -2.29. The molecule has 0 atom stereocenters. The van der Waals surface area contributed by atoms with Gasteiger partial charge in [-0.3, -0.25) is 19.4 Å². The lowest BCUT2D eigenvalue weighted by Crippen LogP contribution is -2.35. The van der Waals surface area contributed by atoms with Crippen LogP contribution in [-0.2, 0) is 28.9 Å². The molecule has 2 aliphatic rings. The van der Waals surface area contributed by atoms with Crippen LogP contribution in [-0.4, -0.2) is 71.4 Å². The number of carboxylic acids is 1. The van der Waals surface area contributed by atoms with Crippen LogP contribution in [0.5, 0.6) is 0 Å². The summed E-state index contributed by atoms with van der Waals surface area (Å²) < 4.78 is 7.84. The number of aromatic nitrogens is 6. The van der Waals surface area contributed by atoms with Crippen molar-refractivity contribution in [3.05, 3.63) is 89.5 Å². The van der Waals surface area contributed by atoms with Gasteiger partial charge >= 0.3 is 5.97 Å². The van der Waals surface area contributed by atoms with E-state index in [0.717, 1.165) is 77.0 Å². The second kappa shape index (κ2) is 11.6. The largest absolute Gasteiger partial charge is 0.478 e. The normalized spacial score (nSPS) is 15.3. The Labute approximate surface area is 253 Å². The molecule has 0 radical (unpaired) electrons. The van der Waals surface area contributed by atoms with Gasteiger partial charge in [-0.2, -0.15) is 5.10 Å². The van der Waals surface area contributed by atoms with E-state index < -0.39 is 5.97 Å². The Morgan fingerprint density at radius 1 is 1.00 bits per heavy atom. The molecule has 0 saturated carbocycles. The zero-order valence-electron chi connectivity index (χ0n) is 24.3. The number of ether oxygens (including phenoxy) is 1. The highest BCUT2D eigenvalue weighted by Gasteiger charge is 2.30. The van der Waals surface area contributed by atoms with Gasteiger partial charge < -0.3 is 14.7 Å². The highest BCUT2D eigenvalue weighted by atomic mass is 16.5.